The van der Waals surface area contributed by atoms with Crippen LogP contribution in [0.5, 0.6) is 0 Å². The molecule has 0 unspecified atom stereocenters. The summed E-state index contributed by atoms with van der Waals surface area (Å²) in [4.78, 5) is -0.318. The smallest absolute Gasteiger partial charge is 0.265 e. The predicted molar refractivity (Wildman–Crippen MR) is 67.0 cm³/mol. The number of halogens is 5. The zero-order chi connectivity index (χ0) is 16.8. The van der Waals surface area contributed by atoms with E-state index in [1.54, 1.807) is 6.92 Å². The van der Waals surface area contributed by atoms with Crippen LogP contribution in [-0.4, -0.2) is 27.1 Å². The van der Waals surface area contributed by atoms with Crippen LogP contribution in [0, 0.1) is 12.3 Å². The second kappa shape index (κ2) is 5.16. The minimum Gasteiger partial charge on any atom is -0.265 e. The fourth-order valence-electron chi connectivity index (χ4n) is 2.29. The number of hydrogen-bond acceptors (Lipinski definition) is 3. The van der Waals surface area contributed by atoms with Gasteiger partial charge in [-0.2, -0.15) is 21.6 Å². The van der Waals surface area contributed by atoms with Crippen molar-refractivity contribution in [2.75, 3.05) is 6.61 Å². The van der Waals surface area contributed by atoms with Crippen LogP contribution in [0.1, 0.15) is 18.4 Å². The van der Waals surface area contributed by atoms with Crippen LogP contribution in [0.3, 0.4) is 0 Å². The van der Waals surface area contributed by atoms with Gasteiger partial charge in [0.25, 0.3) is 10.1 Å². The largest absolute Gasteiger partial charge is 0.397 e. The van der Waals surface area contributed by atoms with Gasteiger partial charge in [0.1, 0.15) is 5.41 Å². The minimum atomic E-state index is -4.96. The molecule has 1 saturated carbocycles. The third-order valence-electron chi connectivity index (χ3n) is 3.60. The fraction of sp³-hybridized carbons (Fsp3) is 0.538. The summed E-state index contributed by atoms with van der Waals surface area (Å²) in [6.45, 7) is 0.356. The Bertz CT molecular complexity index is 641. The van der Waals surface area contributed by atoms with E-state index in [9.17, 15) is 30.4 Å². The first-order valence-electron chi connectivity index (χ1n) is 6.28. The molecule has 0 aliphatic heterocycles. The Morgan fingerprint density at radius 2 is 1.64 bits per heavy atom. The number of rotatable bonds is 4. The zero-order valence-corrected chi connectivity index (χ0v) is 12.3. The molecule has 0 saturated heterocycles. The third kappa shape index (κ3) is 3.24. The first-order valence-corrected chi connectivity index (χ1v) is 7.69. The molecule has 1 aromatic carbocycles. The Balaban J connectivity index is 2.15. The lowest BCUT2D eigenvalue weighted by Crippen LogP contribution is -2.57. The van der Waals surface area contributed by atoms with Gasteiger partial charge in [-0.05, 0) is 19.1 Å². The summed E-state index contributed by atoms with van der Waals surface area (Å²) in [7, 11) is -4.43. The molecule has 1 aromatic rings. The number of aryl methyl sites for hydroxylation is 1. The molecular formula is C13H13F5O3S. The van der Waals surface area contributed by atoms with E-state index in [0.29, 0.717) is 0 Å². The van der Waals surface area contributed by atoms with Gasteiger partial charge in [-0.3, -0.25) is 4.18 Å². The summed E-state index contributed by atoms with van der Waals surface area (Å²) in [5.41, 5.74) is -2.07. The average Bonchev–Trinajstić information content (AvgIpc) is 2.32. The molecule has 1 aliphatic carbocycles. The van der Waals surface area contributed by atoms with Crippen molar-refractivity contribution in [3.05, 3.63) is 29.8 Å². The first kappa shape index (κ1) is 17.1. The minimum absolute atomic E-state index is 0.318. The Morgan fingerprint density at radius 3 is 2.05 bits per heavy atom. The molecule has 1 aliphatic rings. The van der Waals surface area contributed by atoms with Crippen LogP contribution in [0.4, 0.5) is 22.0 Å². The van der Waals surface area contributed by atoms with E-state index >= 15 is 0 Å². The average molecular weight is 344 g/mol. The second-order valence-electron chi connectivity index (χ2n) is 5.52. The number of benzene rings is 1. The highest BCUT2D eigenvalue weighted by Crippen LogP contribution is 2.60. The second-order valence-corrected chi connectivity index (χ2v) is 7.13. The molecule has 3 nitrogen and oxygen atoms in total. The standard InChI is InChI=1S/C13H13F5O3S/c1-9-2-4-10(5-3-9)22(19,20)21-8-11(13(16,17)18)6-12(14,15)7-11/h2-5H,6-8H2,1H3. The van der Waals surface area contributed by atoms with Crippen molar-refractivity contribution in [2.45, 2.75) is 36.8 Å². The third-order valence-corrected chi connectivity index (χ3v) is 4.87. The molecule has 124 valence electrons. The Hall–Kier alpha value is -1.22. The summed E-state index contributed by atoms with van der Waals surface area (Å²) in [5, 5.41) is 0. The van der Waals surface area contributed by atoms with Crippen LogP contribution >= 0.6 is 0 Å². The monoisotopic (exact) mass is 344 g/mol. The van der Waals surface area contributed by atoms with Crippen LogP contribution < -0.4 is 0 Å². The molecule has 0 bridgehead atoms. The van der Waals surface area contributed by atoms with E-state index in [1.807, 2.05) is 0 Å². The van der Waals surface area contributed by atoms with Crippen molar-refractivity contribution in [1.82, 2.24) is 0 Å². The van der Waals surface area contributed by atoms with Crippen molar-refractivity contribution >= 4 is 10.1 Å². The molecule has 0 spiro atoms. The summed E-state index contributed by atoms with van der Waals surface area (Å²) in [6.07, 6.45) is -7.89. The van der Waals surface area contributed by atoms with Crippen LogP contribution in [-0.2, 0) is 14.3 Å². The Kier molecular flexibility index (Phi) is 4.02. The van der Waals surface area contributed by atoms with E-state index < -0.39 is 47.1 Å². The summed E-state index contributed by atoms with van der Waals surface area (Å²) < 4.78 is 92.5. The lowest BCUT2D eigenvalue weighted by molar-refractivity contribution is -0.315. The van der Waals surface area contributed by atoms with E-state index in [1.165, 1.54) is 24.3 Å². The van der Waals surface area contributed by atoms with Gasteiger partial charge in [-0.15, -0.1) is 0 Å². The van der Waals surface area contributed by atoms with Crippen molar-refractivity contribution in [3.8, 4) is 0 Å². The highest BCUT2D eigenvalue weighted by atomic mass is 32.2. The quantitative estimate of drug-likeness (QED) is 0.618. The summed E-state index contributed by atoms with van der Waals surface area (Å²) >= 11 is 0. The SMILES string of the molecule is Cc1ccc(S(=O)(=O)OCC2(C(F)(F)F)CC(F)(F)C2)cc1. The maximum atomic E-state index is 12.9. The van der Waals surface area contributed by atoms with E-state index in [0.717, 1.165) is 5.56 Å². The maximum absolute atomic E-state index is 12.9. The lowest BCUT2D eigenvalue weighted by atomic mass is 9.66. The molecule has 0 radical (unpaired) electrons. The van der Waals surface area contributed by atoms with Gasteiger partial charge in [0, 0.05) is 12.8 Å². The van der Waals surface area contributed by atoms with Gasteiger partial charge in [-0.1, -0.05) is 17.7 Å². The van der Waals surface area contributed by atoms with Gasteiger partial charge in [-0.25, -0.2) is 8.78 Å². The van der Waals surface area contributed by atoms with E-state index in [4.69, 9.17) is 0 Å². The molecule has 0 heterocycles. The predicted octanol–water partition coefficient (Wildman–Crippen LogP) is 3.68. The van der Waals surface area contributed by atoms with Crippen molar-refractivity contribution < 1.29 is 34.6 Å². The molecule has 22 heavy (non-hydrogen) atoms. The molecule has 0 atom stereocenters. The Labute approximate surface area is 124 Å². The molecule has 1 fully saturated rings. The summed E-state index contributed by atoms with van der Waals surface area (Å²) in [6, 6.07) is 5.27. The maximum Gasteiger partial charge on any atom is 0.397 e. The van der Waals surface area contributed by atoms with E-state index in [2.05, 4.69) is 4.18 Å². The topological polar surface area (TPSA) is 43.4 Å². The zero-order valence-electron chi connectivity index (χ0n) is 11.5. The van der Waals surface area contributed by atoms with E-state index in [-0.39, 0.29) is 4.90 Å². The molecular weight excluding hydrogens is 331 g/mol. The molecule has 0 amide bonds. The number of alkyl halides is 5. The molecule has 0 aromatic heterocycles. The van der Waals surface area contributed by atoms with Crippen molar-refractivity contribution in [2.24, 2.45) is 5.41 Å². The highest BCUT2D eigenvalue weighted by Gasteiger charge is 2.69. The normalized spacial score (nSPS) is 20.5. The van der Waals surface area contributed by atoms with Gasteiger partial charge >= 0.3 is 6.18 Å². The van der Waals surface area contributed by atoms with Gasteiger partial charge in [0.2, 0.25) is 5.92 Å². The number of hydrogen-bond donors (Lipinski definition) is 0. The van der Waals surface area contributed by atoms with Crippen molar-refractivity contribution in [3.63, 3.8) is 0 Å². The Morgan fingerprint density at radius 1 is 1.14 bits per heavy atom. The van der Waals surface area contributed by atoms with Crippen LogP contribution in [0.2, 0.25) is 0 Å². The van der Waals surface area contributed by atoms with Gasteiger partial charge < -0.3 is 0 Å². The molecule has 2 rings (SSSR count). The highest BCUT2D eigenvalue weighted by molar-refractivity contribution is 7.86. The van der Waals surface area contributed by atoms with Gasteiger partial charge in [0.15, 0.2) is 0 Å². The summed E-state index contributed by atoms with van der Waals surface area (Å²) in [5.74, 6) is -3.45. The lowest BCUT2D eigenvalue weighted by Gasteiger charge is -2.47. The van der Waals surface area contributed by atoms with Crippen LogP contribution in [0.15, 0.2) is 29.2 Å². The molecule has 9 heteroatoms. The molecule has 0 N–H and O–H groups in total. The fourth-order valence-corrected chi connectivity index (χ4v) is 3.27. The van der Waals surface area contributed by atoms with Gasteiger partial charge in [0.05, 0.1) is 11.5 Å². The van der Waals surface area contributed by atoms with Crippen LogP contribution in [0.25, 0.3) is 0 Å². The first-order chi connectivity index (χ1) is 9.87. The van der Waals surface area contributed by atoms with Crippen molar-refractivity contribution in [1.29, 1.82) is 0 Å².